The number of rotatable bonds is 2. The molecule has 1 aliphatic heterocycles. The molecule has 2 aromatic rings. The first-order chi connectivity index (χ1) is 8.31. The van der Waals surface area contributed by atoms with E-state index in [9.17, 15) is 0 Å². The number of aromatic nitrogens is 2. The van der Waals surface area contributed by atoms with Crippen LogP contribution in [-0.2, 0) is 11.2 Å². The summed E-state index contributed by atoms with van der Waals surface area (Å²) in [6, 6.07) is 4.22. The summed E-state index contributed by atoms with van der Waals surface area (Å²) in [4.78, 5) is 4.65. The molecule has 1 atom stereocenters. The van der Waals surface area contributed by atoms with E-state index in [4.69, 9.17) is 4.74 Å². The maximum absolute atomic E-state index is 5.75. The number of hydrogen-bond donors (Lipinski definition) is 0. The number of pyridine rings is 1. The van der Waals surface area contributed by atoms with Crippen LogP contribution in [0.25, 0.3) is 5.65 Å². The second-order valence-electron chi connectivity index (χ2n) is 4.89. The molecular formula is C14H18N2O. The number of fused-ring (bicyclic) bond motifs is 1. The highest BCUT2D eigenvalue weighted by atomic mass is 16.5. The van der Waals surface area contributed by atoms with E-state index < -0.39 is 0 Å². The number of imidazole rings is 1. The number of hydrogen-bond acceptors (Lipinski definition) is 2. The summed E-state index contributed by atoms with van der Waals surface area (Å²) in [5.41, 5.74) is 3.43. The average molecular weight is 230 g/mol. The molecule has 3 nitrogen and oxygen atoms in total. The van der Waals surface area contributed by atoms with Crippen LogP contribution < -0.4 is 0 Å². The Labute approximate surface area is 101 Å². The molecule has 3 heteroatoms. The van der Waals surface area contributed by atoms with E-state index in [-0.39, 0.29) is 0 Å². The molecule has 0 N–H and O–H groups in total. The van der Waals surface area contributed by atoms with Gasteiger partial charge in [-0.1, -0.05) is 0 Å². The minimum atomic E-state index is 0.370. The fraction of sp³-hybridized carbons (Fsp3) is 0.500. The Bertz CT molecular complexity index is 512. The van der Waals surface area contributed by atoms with Gasteiger partial charge < -0.3 is 9.14 Å². The van der Waals surface area contributed by atoms with Crippen molar-refractivity contribution in [3.8, 4) is 0 Å². The van der Waals surface area contributed by atoms with Crippen molar-refractivity contribution >= 4 is 5.65 Å². The number of nitrogens with zero attached hydrogens (tertiary/aromatic N) is 2. The summed E-state index contributed by atoms with van der Waals surface area (Å²) in [5, 5.41) is 0. The van der Waals surface area contributed by atoms with Crippen molar-refractivity contribution in [3.63, 3.8) is 0 Å². The van der Waals surface area contributed by atoms with Crippen molar-refractivity contribution in [1.29, 1.82) is 0 Å². The van der Waals surface area contributed by atoms with Gasteiger partial charge in [0.25, 0.3) is 0 Å². The molecule has 3 heterocycles. The lowest BCUT2D eigenvalue weighted by atomic mass is 10.1. The highest BCUT2D eigenvalue weighted by Crippen LogP contribution is 2.17. The summed E-state index contributed by atoms with van der Waals surface area (Å²) in [6.07, 6.45) is 9.18. The molecule has 0 aliphatic carbocycles. The van der Waals surface area contributed by atoms with Crippen LogP contribution in [0.1, 0.15) is 30.5 Å². The van der Waals surface area contributed by atoms with E-state index in [1.54, 1.807) is 0 Å². The van der Waals surface area contributed by atoms with Gasteiger partial charge in [-0.2, -0.15) is 0 Å². The van der Waals surface area contributed by atoms with Crippen molar-refractivity contribution in [2.45, 2.75) is 38.7 Å². The average Bonchev–Trinajstić information content (AvgIpc) is 2.71. The fourth-order valence-corrected chi connectivity index (χ4v) is 2.44. The van der Waals surface area contributed by atoms with Crippen LogP contribution in [0, 0.1) is 6.92 Å². The zero-order chi connectivity index (χ0) is 11.7. The van der Waals surface area contributed by atoms with E-state index in [0.29, 0.717) is 6.10 Å². The third-order valence-corrected chi connectivity index (χ3v) is 3.38. The Morgan fingerprint density at radius 1 is 1.47 bits per heavy atom. The summed E-state index contributed by atoms with van der Waals surface area (Å²) in [7, 11) is 0. The van der Waals surface area contributed by atoms with Crippen LogP contribution in [0.2, 0.25) is 0 Å². The van der Waals surface area contributed by atoms with Crippen molar-refractivity contribution in [3.05, 3.63) is 35.8 Å². The topological polar surface area (TPSA) is 26.5 Å². The number of aryl methyl sites for hydroxylation is 1. The summed E-state index contributed by atoms with van der Waals surface area (Å²) >= 11 is 0. The molecular weight excluding hydrogens is 212 g/mol. The Hall–Kier alpha value is -1.35. The Balaban J connectivity index is 1.80. The van der Waals surface area contributed by atoms with Crippen molar-refractivity contribution < 1.29 is 4.74 Å². The van der Waals surface area contributed by atoms with Gasteiger partial charge in [0, 0.05) is 25.4 Å². The zero-order valence-corrected chi connectivity index (χ0v) is 10.2. The molecule has 0 saturated carbocycles. The largest absolute Gasteiger partial charge is 0.378 e. The van der Waals surface area contributed by atoms with Crippen LogP contribution in [-0.4, -0.2) is 22.1 Å². The van der Waals surface area contributed by atoms with Gasteiger partial charge in [-0.05, 0) is 43.9 Å². The summed E-state index contributed by atoms with van der Waals surface area (Å²) in [5.74, 6) is 0. The Kier molecular flexibility index (Phi) is 2.85. The smallest absolute Gasteiger partial charge is 0.137 e. The van der Waals surface area contributed by atoms with E-state index in [0.717, 1.165) is 24.4 Å². The van der Waals surface area contributed by atoms with Crippen LogP contribution in [0.4, 0.5) is 0 Å². The molecule has 0 radical (unpaired) electrons. The number of ether oxygens (including phenoxy) is 1. The van der Waals surface area contributed by atoms with Crippen molar-refractivity contribution in [2.24, 2.45) is 0 Å². The minimum absolute atomic E-state index is 0.370. The predicted octanol–water partition coefficient (Wildman–Crippen LogP) is 2.75. The fourth-order valence-electron chi connectivity index (χ4n) is 2.44. The van der Waals surface area contributed by atoms with Crippen LogP contribution >= 0.6 is 0 Å². The second kappa shape index (κ2) is 4.49. The van der Waals surface area contributed by atoms with Gasteiger partial charge in [0.1, 0.15) is 5.65 Å². The van der Waals surface area contributed by atoms with E-state index in [1.807, 2.05) is 0 Å². The molecule has 2 aromatic heterocycles. The third kappa shape index (κ3) is 2.34. The maximum atomic E-state index is 5.75. The van der Waals surface area contributed by atoms with Gasteiger partial charge in [-0.15, -0.1) is 0 Å². The summed E-state index contributed by atoms with van der Waals surface area (Å²) < 4.78 is 7.84. The van der Waals surface area contributed by atoms with E-state index >= 15 is 0 Å². The molecule has 1 saturated heterocycles. The molecule has 1 fully saturated rings. The SMILES string of the molecule is Cc1ccn2cc(CC3CCCCO3)nc2c1. The standard InChI is InChI=1S/C14H18N2O/c1-11-5-6-16-10-12(15-14(16)8-11)9-13-4-2-3-7-17-13/h5-6,8,10,13H,2-4,7,9H2,1H3. The van der Waals surface area contributed by atoms with Crippen LogP contribution in [0.3, 0.4) is 0 Å². The molecule has 1 aliphatic rings. The molecule has 3 rings (SSSR count). The molecule has 0 aromatic carbocycles. The van der Waals surface area contributed by atoms with Gasteiger partial charge in [0.2, 0.25) is 0 Å². The molecule has 1 unspecified atom stereocenters. The summed E-state index contributed by atoms with van der Waals surface area (Å²) in [6.45, 7) is 3.01. The lowest BCUT2D eigenvalue weighted by molar-refractivity contribution is 0.0163. The van der Waals surface area contributed by atoms with Crippen molar-refractivity contribution in [2.75, 3.05) is 6.61 Å². The lowest BCUT2D eigenvalue weighted by Gasteiger charge is -2.21. The Morgan fingerprint density at radius 3 is 3.24 bits per heavy atom. The van der Waals surface area contributed by atoms with Crippen molar-refractivity contribution in [1.82, 2.24) is 9.38 Å². The monoisotopic (exact) mass is 230 g/mol. The quantitative estimate of drug-likeness (QED) is 0.793. The lowest BCUT2D eigenvalue weighted by Crippen LogP contribution is -2.21. The molecule has 0 bridgehead atoms. The van der Waals surface area contributed by atoms with Gasteiger partial charge in [-0.3, -0.25) is 0 Å². The van der Waals surface area contributed by atoms with Crippen LogP contribution in [0.15, 0.2) is 24.5 Å². The zero-order valence-electron chi connectivity index (χ0n) is 10.2. The van der Waals surface area contributed by atoms with Gasteiger partial charge in [0.05, 0.1) is 11.8 Å². The van der Waals surface area contributed by atoms with Gasteiger partial charge in [0.15, 0.2) is 0 Å². The second-order valence-corrected chi connectivity index (χ2v) is 4.89. The first-order valence-electron chi connectivity index (χ1n) is 6.37. The van der Waals surface area contributed by atoms with E-state index in [1.165, 1.54) is 24.8 Å². The first-order valence-corrected chi connectivity index (χ1v) is 6.37. The predicted molar refractivity (Wildman–Crippen MR) is 67.2 cm³/mol. The highest BCUT2D eigenvalue weighted by Gasteiger charge is 2.15. The molecule has 0 amide bonds. The Morgan fingerprint density at radius 2 is 2.41 bits per heavy atom. The minimum Gasteiger partial charge on any atom is -0.378 e. The van der Waals surface area contributed by atoms with Crippen LogP contribution in [0.5, 0.6) is 0 Å². The highest BCUT2D eigenvalue weighted by molar-refractivity contribution is 5.42. The molecule has 90 valence electrons. The molecule has 0 spiro atoms. The third-order valence-electron chi connectivity index (χ3n) is 3.38. The van der Waals surface area contributed by atoms with Gasteiger partial charge in [-0.25, -0.2) is 4.98 Å². The van der Waals surface area contributed by atoms with Gasteiger partial charge >= 0.3 is 0 Å². The first kappa shape index (κ1) is 10.8. The maximum Gasteiger partial charge on any atom is 0.137 e. The normalized spacial score (nSPS) is 20.9. The molecule has 17 heavy (non-hydrogen) atoms. The van der Waals surface area contributed by atoms with E-state index in [2.05, 4.69) is 40.8 Å².